The summed E-state index contributed by atoms with van der Waals surface area (Å²) in [5.74, 6) is -0.0355. The van der Waals surface area contributed by atoms with Gasteiger partial charge in [0.2, 0.25) is 0 Å². The standard InChI is InChI=1S/C24H28FN5O.C6H14O/c1-5-6-14-30(16-19-9-11-21(25)12-10-19)18(3)27-24(31)23-17(2)22(28-29(23)4)20-8-7-13-26-15-20;1-3-5-7-6-4-2/h7-13,15H,3,5-6,14,16H2,1-2,4H3,(H,27,31);3-6H2,1-2H3. The summed E-state index contributed by atoms with van der Waals surface area (Å²) in [5.41, 5.74) is 3.77. The predicted molar refractivity (Wildman–Crippen MR) is 151 cm³/mol. The average molecular weight is 524 g/mol. The highest BCUT2D eigenvalue weighted by atomic mass is 19.1. The molecule has 206 valence electrons. The first-order chi connectivity index (χ1) is 18.3. The lowest BCUT2D eigenvalue weighted by Crippen LogP contribution is -2.36. The Morgan fingerprint density at radius 1 is 1.11 bits per heavy atom. The second kappa shape index (κ2) is 16.3. The lowest BCUT2D eigenvalue weighted by molar-refractivity contribution is 0.0940. The number of amides is 1. The number of carbonyl (C=O) groups is 1. The minimum absolute atomic E-state index is 0.270. The number of benzene rings is 1. The SMILES string of the molecule is C=C(NC(=O)c1c(C)c(-c2cccnc2)nn1C)N(CCCC)Cc1ccc(F)cc1.CCCOCCC. The summed E-state index contributed by atoms with van der Waals surface area (Å²) < 4.78 is 20.0. The normalized spacial score (nSPS) is 10.5. The molecule has 0 aliphatic heterocycles. The van der Waals surface area contributed by atoms with Crippen molar-refractivity contribution >= 4 is 5.91 Å². The van der Waals surface area contributed by atoms with E-state index in [0.29, 0.717) is 18.1 Å². The van der Waals surface area contributed by atoms with Gasteiger partial charge in [-0.1, -0.05) is 45.9 Å². The van der Waals surface area contributed by atoms with Gasteiger partial charge in [0.15, 0.2) is 0 Å². The van der Waals surface area contributed by atoms with Crippen molar-refractivity contribution in [1.29, 1.82) is 0 Å². The van der Waals surface area contributed by atoms with E-state index in [9.17, 15) is 9.18 Å². The lowest BCUT2D eigenvalue weighted by atomic mass is 10.1. The maximum Gasteiger partial charge on any atom is 0.275 e. The zero-order chi connectivity index (χ0) is 27.9. The highest BCUT2D eigenvalue weighted by molar-refractivity contribution is 5.96. The van der Waals surface area contributed by atoms with Gasteiger partial charge in [0.05, 0.1) is 5.69 Å². The van der Waals surface area contributed by atoms with E-state index in [1.54, 1.807) is 36.3 Å². The summed E-state index contributed by atoms with van der Waals surface area (Å²) >= 11 is 0. The van der Waals surface area contributed by atoms with E-state index in [0.717, 1.165) is 67.8 Å². The first kappa shape index (κ1) is 30.7. The van der Waals surface area contributed by atoms with Gasteiger partial charge < -0.3 is 15.0 Å². The molecule has 0 saturated heterocycles. The maximum absolute atomic E-state index is 13.2. The molecule has 0 saturated carbocycles. The van der Waals surface area contributed by atoms with Gasteiger partial charge in [0.1, 0.15) is 17.3 Å². The minimum Gasteiger partial charge on any atom is -0.381 e. The van der Waals surface area contributed by atoms with Crippen LogP contribution in [0.25, 0.3) is 11.3 Å². The van der Waals surface area contributed by atoms with Crippen LogP contribution in [-0.4, -0.2) is 45.3 Å². The Hall–Kier alpha value is -3.52. The monoisotopic (exact) mass is 523 g/mol. The summed E-state index contributed by atoms with van der Waals surface area (Å²) in [7, 11) is 1.75. The van der Waals surface area contributed by atoms with Crippen molar-refractivity contribution in [3.63, 3.8) is 0 Å². The number of nitrogens with zero attached hydrogens (tertiary/aromatic N) is 4. The van der Waals surface area contributed by atoms with Crippen molar-refractivity contribution in [3.8, 4) is 11.3 Å². The Bertz CT molecular complexity index is 1130. The number of hydrogen-bond acceptors (Lipinski definition) is 5. The number of ether oxygens (including phenoxy) is 1. The summed E-state index contributed by atoms with van der Waals surface area (Å²) in [6, 6.07) is 10.1. The Labute approximate surface area is 226 Å². The average Bonchev–Trinajstić information content (AvgIpc) is 3.22. The number of carbonyl (C=O) groups excluding carboxylic acids is 1. The fourth-order valence-corrected chi connectivity index (χ4v) is 3.85. The first-order valence-corrected chi connectivity index (χ1v) is 13.3. The lowest BCUT2D eigenvalue weighted by Gasteiger charge is -2.27. The van der Waals surface area contributed by atoms with E-state index in [2.05, 4.69) is 42.7 Å². The molecule has 3 aromatic rings. The van der Waals surface area contributed by atoms with E-state index in [1.165, 1.54) is 12.1 Å². The van der Waals surface area contributed by atoms with Gasteiger partial charge in [-0.05, 0) is 56.0 Å². The van der Waals surface area contributed by atoms with Crippen LogP contribution in [0.4, 0.5) is 4.39 Å². The number of rotatable bonds is 13. The van der Waals surface area contributed by atoms with Crippen LogP contribution in [0.1, 0.15) is 68.1 Å². The molecule has 3 rings (SSSR count). The van der Waals surface area contributed by atoms with E-state index in [1.807, 2.05) is 24.0 Å². The molecule has 2 heterocycles. The maximum atomic E-state index is 13.2. The van der Waals surface area contributed by atoms with Crippen LogP contribution in [0.15, 0.2) is 61.2 Å². The molecule has 0 aliphatic carbocycles. The molecule has 0 fully saturated rings. The number of halogens is 1. The largest absolute Gasteiger partial charge is 0.381 e. The van der Waals surface area contributed by atoms with E-state index < -0.39 is 0 Å². The Balaban J connectivity index is 0.000000638. The second-order valence-corrected chi connectivity index (χ2v) is 9.10. The zero-order valence-electron chi connectivity index (χ0n) is 23.5. The van der Waals surface area contributed by atoms with Crippen molar-refractivity contribution in [2.45, 2.75) is 59.9 Å². The van der Waals surface area contributed by atoms with Crippen molar-refractivity contribution in [1.82, 2.24) is 25.0 Å². The number of nitrogens with one attached hydrogen (secondary N) is 1. The zero-order valence-corrected chi connectivity index (χ0v) is 23.5. The van der Waals surface area contributed by atoms with Crippen LogP contribution >= 0.6 is 0 Å². The topological polar surface area (TPSA) is 72.3 Å². The van der Waals surface area contributed by atoms with Crippen LogP contribution in [0.5, 0.6) is 0 Å². The van der Waals surface area contributed by atoms with Crippen LogP contribution in [0, 0.1) is 12.7 Å². The number of hydrogen-bond donors (Lipinski definition) is 1. The fourth-order valence-electron chi connectivity index (χ4n) is 3.85. The number of aromatic nitrogens is 3. The third-order valence-electron chi connectivity index (χ3n) is 5.84. The number of pyridine rings is 1. The highest BCUT2D eigenvalue weighted by Gasteiger charge is 2.21. The molecule has 0 radical (unpaired) electrons. The molecule has 0 bridgehead atoms. The third kappa shape index (κ3) is 9.41. The molecule has 2 aromatic heterocycles. The van der Waals surface area contributed by atoms with Crippen LogP contribution in [0.2, 0.25) is 0 Å². The quantitative estimate of drug-likeness (QED) is 0.268. The van der Waals surface area contributed by atoms with Crippen LogP contribution in [0.3, 0.4) is 0 Å². The van der Waals surface area contributed by atoms with Crippen molar-refractivity contribution in [2.75, 3.05) is 19.8 Å². The summed E-state index contributed by atoms with van der Waals surface area (Å²) in [6.07, 6.45) is 7.67. The van der Waals surface area contributed by atoms with E-state index in [4.69, 9.17) is 4.74 Å². The van der Waals surface area contributed by atoms with Gasteiger partial charge in [-0.3, -0.25) is 14.5 Å². The van der Waals surface area contributed by atoms with Crippen molar-refractivity contribution in [3.05, 3.63) is 83.8 Å². The number of aryl methyl sites for hydroxylation is 1. The molecule has 1 N–H and O–H groups in total. The summed E-state index contributed by atoms with van der Waals surface area (Å²) in [5, 5.41) is 7.44. The Kier molecular flexibility index (Phi) is 13.2. The smallest absolute Gasteiger partial charge is 0.275 e. The van der Waals surface area contributed by atoms with Gasteiger partial charge in [-0.2, -0.15) is 5.10 Å². The minimum atomic E-state index is -0.271. The third-order valence-corrected chi connectivity index (χ3v) is 5.84. The predicted octanol–water partition coefficient (Wildman–Crippen LogP) is 6.26. The van der Waals surface area contributed by atoms with Gasteiger partial charge in [-0.25, -0.2) is 4.39 Å². The van der Waals surface area contributed by atoms with Gasteiger partial charge in [0, 0.05) is 56.9 Å². The van der Waals surface area contributed by atoms with Crippen molar-refractivity contribution < 1.29 is 13.9 Å². The Morgan fingerprint density at radius 2 is 1.79 bits per heavy atom. The fraction of sp³-hybridized carbons (Fsp3) is 0.433. The summed E-state index contributed by atoms with van der Waals surface area (Å²) in [6.45, 7) is 15.4. The number of unbranched alkanes of at least 4 members (excludes halogenated alkanes) is 1. The summed E-state index contributed by atoms with van der Waals surface area (Å²) in [4.78, 5) is 19.2. The molecule has 0 unspecified atom stereocenters. The van der Waals surface area contributed by atoms with Crippen molar-refractivity contribution in [2.24, 2.45) is 7.05 Å². The molecule has 0 aliphatic rings. The van der Waals surface area contributed by atoms with Gasteiger partial charge in [-0.15, -0.1) is 0 Å². The molecular formula is C30H42FN5O2. The molecule has 0 atom stereocenters. The molecule has 38 heavy (non-hydrogen) atoms. The molecule has 8 heteroatoms. The molecule has 0 spiro atoms. The van der Waals surface area contributed by atoms with Crippen LogP contribution < -0.4 is 5.32 Å². The molecule has 7 nitrogen and oxygen atoms in total. The van der Waals surface area contributed by atoms with E-state index >= 15 is 0 Å². The second-order valence-electron chi connectivity index (χ2n) is 9.10. The van der Waals surface area contributed by atoms with E-state index in [-0.39, 0.29) is 11.7 Å². The van der Waals surface area contributed by atoms with Crippen LogP contribution in [-0.2, 0) is 18.3 Å². The van der Waals surface area contributed by atoms with Gasteiger partial charge in [0.25, 0.3) is 5.91 Å². The van der Waals surface area contributed by atoms with Gasteiger partial charge >= 0.3 is 0 Å². The molecule has 1 aromatic carbocycles. The molecule has 1 amide bonds. The Morgan fingerprint density at radius 3 is 2.37 bits per heavy atom. The first-order valence-electron chi connectivity index (χ1n) is 13.3. The molecular weight excluding hydrogens is 481 g/mol. The highest BCUT2D eigenvalue weighted by Crippen LogP contribution is 2.24.